The van der Waals surface area contributed by atoms with Crippen molar-refractivity contribution in [2.45, 2.75) is 64.6 Å². The minimum Gasteiger partial charge on any atom is -0.352 e. The van der Waals surface area contributed by atoms with Gasteiger partial charge in [0.15, 0.2) is 0 Å². The largest absolute Gasteiger partial charge is 0.352 e. The maximum atomic E-state index is 13.9. The fourth-order valence-corrected chi connectivity index (χ4v) is 5.52. The van der Waals surface area contributed by atoms with E-state index < -0.39 is 34.3 Å². The first-order valence-electron chi connectivity index (χ1n) is 13.0. The van der Waals surface area contributed by atoms with E-state index in [0.717, 1.165) is 15.4 Å². The number of sulfonamides is 1. The van der Waals surface area contributed by atoms with Gasteiger partial charge < -0.3 is 10.2 Å². The van der Waals surface area contributed by atoms with E-state index in [9.17, 15) is 22.4 Å². The van der Waals surface area contributed by atoms with E-state index in [1.165, 1.54) is 47.4 Å². The topological polar surface area (TPSA) is 86.8 Å². The second-order valence-corrected chi connectivity index (χ2v) is 12.2. The van der Waals surface area contributed by atoms with Gasteiger partial charge in [-0.15, -0.1) is 0 Å². The van der Waals surface area contributed by atoms with Crippen LogP contribution in [0.5, 0.6) is 0 Å². The Bertz CT molecular complexity index is 1450. The number of nitrogens with one attached hydrogen (secondary N) is 1. The number of carbonyl (C=O) groups is 2. The van der Waals surface area contributed by atoms with Crippen LogP contribution in [0.25, 0.3) is 0 Å². The highest BCUT2D eigenvalue weighted by Crippen LogP contribution is 2.29. The van der Waals surface area contributed by atoms with E-state index in [1.807, 2.05) is 20.8 Å². The van der Waals surface area contributed by atoms with Crippen LogP contribution in [0.4, 0.5) is 10.1 Å². The van der Waals surface area contributed by atoms with Crippen LogP contribution in [-0.4, -0.2) is 43.8 Å². The molecule has 7 nitrogen and oxygen atoms in total. The van der Waals surface area contributed by atoms with E-state index in [2.05, 4.69) is 5.32 Å². The summed E-state index contributed by atoms with van der Waals surface area (Å²) >= 11 is 6.35. The summed E-state index contributed by atoms with van der Waals surface area (Å²) in [5, 5.41) is 3.22. The molecule has 0 heterocycles. The molecule has 0 spiro atoms. The van der Waals surface area contributed by atoms with Crippen molar-refractivity contribution in [2.24, 2.45) is 0 Å². The molecule has 3 aromatic rings. The Labute approximate surface area is 241 Å². The first-order valence-corrected chi connectivity index (χ1v) is 14.8. The highest BCUT2D eigenvalue weighted by Gasteiger charge is 2.33. The minimum atomic E-state index is -4.20. The molecule has 40 heavy (non-hydrogen) atoms. The Morgan fingerprint density at radius 1 is 0.975 bits per heavy atom. The zero-order chi connectivity index (χ0) is 29.6. The lowest BCUT2D eigenvalue weighted by molar-refractivity contribution is -0.139. The maximum absolute atomic E-state index is 13.9. The van der Waals surface area contributed by atoms with Crippen LogP contribution in [0.1, 0.15) is 43.9 Å². The third-order valence-corrected chi connectivity index (χ3v) is 8.96. The number of hydrogen-bond donors (Lipinski definition) is 1. The Morgan fingerprint density at radius 2 is 1.60 bits per heavy atom. The summed E-state index contributed by atoms with van der Waals surface area (Å²) in [6.45, 7) is 8.39. The molecule has 0 unspecified atom stereocenters. The van der Waals surface area contributed by atoms with Gasteiger partial charge in [-0.2, -0.15) is 0 Å². The monoisotopic (exact) mass is 587 g/mol. The van der Waals surface area contributed by atoms with Crippen LogP contribution in [0.15, 0.2) is 71.6 Å². The predicted octanol–water partition coefficient (Wildman–Crippen LogP) is 5.62. The van der Waals surface area contributed by atoms with Crippen LogP contribution < -0.4 is 9.62 Å². The molecule has 0 aliphatic heterocycles. The molecule has 0 fully saturated rings. The van der Waals surface area contributed by atoms with E-state index in [-0.39, 0.29) is 29.1 Å². The van der Waals surface area contributed by atoms with Crippen molar-refractivity contribution in [3.63, 3.8) is 0 Å². The summed E-state index contributed by atoms with van der Waals surface area (Å²) in [5.41, 5.74) is 2.43. The van der Waals surface area contributed by atoms with Crippen molar-refractivity contribution in [1.82, 2.24) is 10.2 Å². The predicted molar refractivity (Wildman–Crippen MR) is 156 cm³/mol. The van der Waals surface area contributed by atoms with Crippen LogP contribution in [0, 0.1) is 19.7 Å². The van der Waals surface area contributed by atoms with Gasteiger partial charge in [-0.3, -0.25) is 13.9 Å². The van der Waals surface area contributed by atoms with Crippen LogP contribution in [0.2, 0.25) is 5.02 Å². The smallest absolute Gasteiger partial charge is 0.264 e. The number of benzene rings is 3. The summed E-state index contributed by atoms with van der Waals surface area (Å²) in [5.74, 6) is -1.42. The molecule has 2 amide bonds. The Balaban J connectivity index is 2.04. The highest BCUT2D eigenvalue weighted by molar-refractivity contribution is 7.92. The number of aryl methyl sites for hydroxylation is 2. The lowest BCUT2D eigenvalue weighted by Crippen LogP contribution is -2.52. The normalized spacial score (nSPS) is 12.9. The fraction of sp³-hybridized carbons (Fsp3) is 0.333. The van der Waals surface area contributed by atoms with E-state index >= 15 is 0 Å². The average Bonchev–Trinajstić information content (AvgIpc) is 2.92. The van der Waals surface area contributed by atoms with Gasteiger partial charge in [0, 0.05) is 17.6 Å². The van der Waals surface area contributed by atoms with Crippen LogP contribution in [-0.2, 0) is 26.2 Å². The zero-order valence-electron chi connectivity index (χ0n) is 23.3. The molecule has 0 aromatic heterocycles. The van der Waals surface area contributed by atoms with Crippen molar-refractivity contribution >= 4 is 39.1 Å². The van der Waals surface area contributed by atoms with Crippen molar-refractivity contribution in [2.75, 3.05) is 10.8 Å². The lowest BCUT2D eigenvalue weighted by Gasteiger charge is -2.32. The van der Waals surface area contributed by atoms with E-state index in [0.29, 0.717) is 17.0 Å². The number of carbonyl (C=O) groups excluding carboxylic acids is 2. The Morgan fingerprint density at radius 3 is 2.17 bits per heavy atom. The van der Waals surface area contributed by atoms with Gasteiger partial charge in [0.25, 0.3) is 10.0 Å². The van der Waals surface area contributed by atoms with Gasteiger partial charge in [0.1, 0.15) is 18.4 Å². The zero-order valence-corrected chi connectivity index (χ0v) is 24.9. The second kappa shape index (κ2) is 13.3. The van der Waals surface area contributed by atoms with Crippen molar-refractivity contribution in [3.05, 3.63) is 94.3 Å². The Hall–Kier alpha value is -3.43. The van der Waals surface area contributed by atoms with E-state index in [1.54, 1.807) is 38.1 Å². The summed E-state index contributed by atoms with van der Waals surface area (Å²) < 4.78 is 42.3. The molecule has 214 valence electrons. The van der Waals surface area contributed by atoms with Crippen molar-refractivity contribution in [3.8, 4) is 0 Å². The van der Waals surface area contributed by atoms with Gasteiger partial charge >= 0.3 is 0 Å². The first-order chi connectivity index (χ1) is 18.8. The molecule has 0 radical (unpaired) electrons. The second-order valence-electron chi connectivity index (χ2n) is 9.90. The number of rotatable bonds is 11. The molecule has 10 heteroatoms. The molecule has 1 N–H and O–H groups in total. The van der Waals surface area contributed by atoms with Crippen LogP contribution >= 0.6 is 11.6 Å². The van der Waals surface area contributed by atoms with E-state index in [4.69, 9.17) is 11.6 Å². The fourth-order valence-electron chi connectivity index (χ4n) is 3.94. The first kappa shape index (κ1) is 31.1. The molecule has 0 saturated heterocycles. The number of hydrogen-bond acceptors (Lipinski definition) is 4. The van der Waals surface area contributed by atoms with Gasteiger partial charge in [-0.05, 0) is 81.6 Å². The summed E-state index contributed by atoms with van der Waals surface area (Å²) in [6, 6.07) is 15.6. The molecule has 0 aliphatic carbocycles. The number of anilines is 1. The van der Waals surface area contributed by atoms with Gasteiger partial charge in [-0.1, -0.05) is 54.4 Å². The standard InChI is InChI=1S/C30H35ClFN3O4S/c1-6-22(4)33-30(37)23(5)34(18-24-10-12-25(32)13-11-24)29(36)19-35(26-14-9-21(3)28(31)17-26)40(38,39)27-15-7-20(2)8-16-27/h7-17,22-23H,6,18-19H2,1-5H3,(H,33,37)/t22-,23+/m1/s1. The quantitative estimate of drug-likeness (QED) is 0.315. The van der Waals surface area contributed by atoms with Gasteiger partial charge in [0.05, 0.1) is 10.6 Å². The molecular weight excluding hydrogens is 553 g/mol. The van der Waals surface area contributed by atoms with Crippen molar-refractivity contribution in [1.29, 1.82) is 0 Å². The third kappa shape index (κ3) is 7.61. The average molecular weight is 588 g/mol. The third-order valence-electron chi connectivity index (χ3n) is 6.77. The Kier molecular flexibility index (Phi) is 10.3. The molecular formula is C30H35ClFN3O4S. The SMILES string of the molecule is CC[C@@H](C)NC(=O)[C@H](C)N(Cc1ccc(F)cc1)C(=O)CN(c1ccc(C)c(Cl)c1)S(=O)(=O)c1ccc(C)cc1. The minimum absolute atomic E-state index is 0.00949. The molecule has 2 atom stereocenters. The summed E-state index contributed by atoms with van der Waals surface area (Å²) in [7, 11) is -4.20. The molecule has 0 aliphatic rings. The number of halogens is 2. The molecule has 3 rings (SSSR count). The van der Waals surface area contributed by atoms with Crippen LogP contribution in [0.3, 0.4) is 0 Å². The summed E-state index contributed by atoms with van der Waals surface area (Å²) in [6.07, 6.45) is 0.696. The number of amides is 2. The molecule has 0 bridgehead atoms. The molecule has 0 saturated carbocycles. The summed E-state index contributed by atoms with van der Waals surface area (Å²) in [4.78, 5) is 28.3. The highest BCUT2D eigenvalue weighted by atomic mass is 35.5. The number of nitrogens with zero attached hydrogens (tertiary/aromatic N) is 2. The molecule has 3 aromatic carbocycles. The van der Waals surface area contributed by atoms with Crippen molar-refractivity contribution < 1.29 is 22.4 Å². The lowest BCUT2D eigenvalue weighted by atomic mass is 10.1. The maximum Gasteiger partial charge on any atom is 0.264 e. The van der Waals surface area contributed by atoms with Gasteiger partial charge in [0.2, 0.25) is 11.8 Å². The van der Waals surface area contributed by atoms with Gasteiger partial charge in [-0.25, -0.2) is 12.8 Å².